The van der Waals surface area contributed by atoms with Crippen molar-refractivity contribution in [2.75, 3.05) is 31.1 Å². The van der Waals surface area contributed by atoms with Gasteiger partial charge in [-0.3, -0.25) is 19.8 Å². The lowest BCUT2D eigenvalue weighted by atomic mass is 9.90. The van der Waals surface area contributed by atoms with Crippen LogP contribution in [-0.2, 0) is 14.3 Å². The molecule has 2 aliphatic rings. The van der Waals surface area contributed by atoms with E-state index in [4.69, 9.17) is 19.3 Å². The van der Waals surface area contributed by atoms with Gasteiger partial charge < -0.3 is 19.1 Å². The fourth-order valence-electron chi connectivity index (χ4n) is 7.03. The van der Waals surface area contributed by atoms with Crippen molar-refractivity contribution in [2.45, 2.75) is 97.4 Å². The summed E-state index contributed by atoms with van der Waals surface area (Å²) in [7, 11) is 0. The number of aromatic nitrogens is 4. The number of nitro groups is 1. The van der Waals surface area contributed by atoms with E-state index in [0.717, 1.165) is 43.7 Å². The Morgan fingerprint density at radius 2 is 1.44 bits per heavy atom. The second-order valence-electron chi connectivity index (χ2n) is 15.8. The van der Waals surface area contributed by atoms with Gasteiger partial charge in [0.25, 0.3) is 0 Å². The Labute approximate surface area is 319 Å². The van der Waals surface area contributed by atoms with Gasteiger partial charge in [-0.1, -0.05) is 18.2 Å². The van der Waals surface area contributed by atoms with E-state index in [2.05, 4.69) is 14.9 Å². The van der Waals surface area contributed by atoms with Crippen molar-refractivity contribution in [2.24, 2.45) is 0 Å². The number of rotatable bonds is 7. The predicted molar refractivity (Wildman–Crippen MR) is 204 cm³/mol. The second-order valence-corrected chi connectivity index (χ2v) is 15.8. The summed E-state index contributed by atoms with van der Waals surface area (Å²) in [6.45, 7) is 14.7. The predicted octanol–water partition coefficient (Wildman–Crippen LogP) is 7.52. The minimum atomic E-state index is -1.02. The van der Waals surface area contributed by atoms with Crippen LogP contribution in [0.5, 0.6) is 11.5 Å². The van der Waals surface area contributed by atoms with Gasteiger partial charge in [0, 0.05) is 50.8 Å². The van der Waals surface area contributed by atoms with E-state index in [1.54, 1.807) is 83.5 Å². The van der Waals surface area contributed by atoms with Crippen LogP contribution >= 0.6 is 0 Å². The largest absolute Gasteiger partial charge is 0.450 e. The fourth-order valence-corrected chi connectivity index (χ4v) is 7.03. The van der Waals surface area contributed by atoms with E-state index in [0.29, 0.717) is 36.1 Å². The second kappa shape index (κ2) is 15.6. The SMILES string of the molecule is CC(=O)N1CCN(C2CCC(n3nc(-c4ccc(Oc5ccccc5)c([N+](=O)[O-])c4)c4c(N(C(=O)OC(C)(C)C)C(=O)OC(C)(C)C)ncnc43)CC2)CC1. The molecule has 1 saturated heterocycles. The molecular weight excluding hydrogens is 708 g/mol. The quantitative estimate of drug-likeness (QED) is 0.134. The number of imide groups is 1. The Bertz CT molecular complexity index is 2030. The molecule has 1 saturated carbocycles. The monoisotopic (exact) mass is 756 g/mol. The lowest BCUT2D eigenvalue weighted by Crippen LogP contribution is -2.52. The van der Waals surface area contributed by atoms with Gasteiger partial charge in [0.2, 0.25) is 11.7 Å². The highest BCUT2D eigenvalue weighted by Crippen LogP contribution is 2.42. The molecule has 2 aromatic heterocycles. The summed E-state index contributed by atoms with van der Waals surface area (Å²) >= 11 is 0. The first-order valence-corrected chi connectivity index (χ1v) is 18.5. The van der Waals surface area contributed by atoms with Crippen molar-refractivity contribution in [3.63, 3.8) is 0 Å². The van der Waals surface area contributed by atoms with Crippen LogP contribution in [0.4, 0.5) is 21.1 Å². The highest BCUT2D eigenvalue weighted by Gasteiger charge is 2.38. The van der Waals surface area contributed by atoms with Crippen LogP contribution in [0, 0.1) is 10.1 Å². The number of amides is 3. The van der Waals surface area contributed by atoms with E-state index in [9.17, 15) is 24.5 Å². The molecule has 0 bridgehead atoms. The van der Waals surface area contributed by atoms with E-state index in [-0.39, 0.29) is 40.3 Å². The van der Waals surface area contributed by atoms with Gasteiger partial charge in [0.1, 0.15) is 29.0 Å². The highest BCUT2D eigenvalue weighted by atomic mass is 16.6. The van der Waals surface area contributed by atoms with Crippen molar-refractivity contribution in [1.82, 2.24) is 29.5 Å². The smallest absolute Gasteiger partial charge is 0.425 e. The summed E-state index contributed by atoms with van der Waals surface area (Å²) in [4.78, 5) is 65.7. The van der Waals surface area contributed by atoms with Gasteiger partial charge in [-0.25, -0.2) is 24.2 Å². The van der Waals surface area contributed by atoms with Crippen LogP contribution < -0.4 is 9.64 Å². The summed E-state index contributed by atoms with van der Waals surface area (Å²) in [6.07, 6.45) is 2.45. The number of anilines is 1. The number of para-hydroxylation sites is 1. The zero-order valence-electron chi connectivity index (χ0n) is 32.4. The molecule has 2 fully saturated rings. The Balaban J connectivity index is 1.45. The molecule has 1 aliphatic heterocycles. The molecule has 0 N–H and O–H groups in total. The van der Waals surface area contributed by atoms with Crippen LogP contribution in [0.25, 0.3) is 22.3 Å². The molecule has 292 valence electrons. The first-order valence-electron chi connectivity index (χ1n) is 18.5. The summed E-state index contributed by atoms with van der Waals surface area (Å²) < 4.78 is 19.1. The zero-order valence-corrected chi connectivity index (χ0v) is 32.4. The van der Waals surface area contributed by atoms with Crippen LogP contribution in [0.3, 0.4) is 0 Å². The molecule has 2 aromatic carbocycles. The maximum Gasteiger partial charge on any atom is 0.425 e. The van der Waals surface area contributed by atoms with Gasteiger partial charge in [-0.05, 0) is 91.5 Å². The molecule has 55 heavy (non-hydrogen) atoms. The lowest BCUT2D eigenvalue weighted by molar-refractivity contribution is -0.385. The zero-order chi connectivity index (χ0) is 39.7. The van der Waals surface area contributed by atoms with Crippen molar-refractivity contribution in [3.05, 3.63) is 65.0 Å². The van der Waals surface area contributed by atoms with Crippen LogP contribution in [-0.4, -0.2) is 96.0 Å². The topological polar surface area (TPSA) is 175 Å². The number of benzene rings is 2. The number of fused-ring (bicyclic) bond motifs is 1. The molecule has 0 radical (unpaired) electrons. The Kier molecular flexibility index (Phi) is 11.1. The molecule has 6 rings (SSSR count). The number of nitrogens with zero attached hydrogens (tertiary/aromatic N) is 8. The third-order valence-corrected chi connectivity index (χ3v) is 9.52. The van der Waals surface area contributed by atoms with Gasteiger partial charge in [-0.2, -0.15) is 10.00 Å². The number of piperazine rings is 1. The number of carbonyl (C=O) groups is 3. The fraction of sp³-hybridized carbons (Fsp3) is 0.487. The number of carbonyl (C=O) groups excluding carboxylic acids is 3. The number of nitro benzene ring substituents is 1. The van der Waals surface area contributed by atoms with Crippen LogP contribution in [0.15, 0.2) is 54.9 Å². The molecular formula is C39H48N8O8. The molecule has 3 heterocycles. The van der Waals surface area contributed by atoms with E-state index in [1.807, 2.05) is 11.0 Å². The Morgan fingerprint density at radius 1 is 0.836 bits per heavy atom. The summed E-state index contributed by atoms with van der Waals surface area (Å²) in [6, 6.07) is 13.4. The Morgan fingerprint density at radius 3 is 2.00 bits per heavy atom. The maximum atomic E-state index is 13.9. The normalized spacial score (nSPS) is 18.1. The summed E-state index contributed by atoms with van der Waals surface area (Å²) in [5.74, 6) is 0.392. The minimum Gasteiger partial charge on any atom is -0.450 e. The average Bonchev–Trinajstić information content (AvgIpc) is 3.51. The molecule has 0 atom stereocenters. The minimum absolute atomic E-state index is 0.0201. The van der Waals surface area contributed by atoms with Gasteiger partial charge in [0.15, 0.2) is 11.5 Å². The third kappa shape index (κ3) is 9.02. The molecule has 3 amide bonds. The van der Waals surface area contributed by atoms with Crippen molar-refractivity contribution in [1.29, 1.82) is 0 Å². The van der Waals surface area contributed by atoms with Gasteiger partial charge in [-0.15, -0.1) is 0 Å². The average molecular weight is 757 g/mol. The van der Waals surface area contributed by atoms with Crippen molar-refractivity contribution >= 4 is 40.6 Å². The summed E-state index contributed by atoms with van der Waals surface area (Å²) in [5.41, 5.74) is -1.41. The van der Waals surface area contributed by atoms with E-state index < -0.39 is 28.3 Å². The molecule has 1 aliphatic carbocycles. The van der Waals surface area contributed by atoms with E-state index >= 15 is 0 Å². The van der Waals surface area contributed by atoms with Crippen LogP contribution in [0.1, 0.15) is 80.2 Å². The van der Waals surface area contributed by atoms with Gasteiger partial charge >= 0.3 is 17.9 Å². The molecule has 0 unspecified atom stereocenters. The molecule has 4 aromatic rings. The third-order valence-electron chi connectivity index (χ3n) is 9.52. The van der Waals surface area contributed by atoms with E-state index in [1.165, 1.54) is 18.5 Å². The lowest BCUT2D eigenvalue weighted by Gasteiger charge is -2.41. The first-order chi connectivity index (χ1) is 26.0. The number of hydrogen-bond donors (Lipinski definition) is 0. The highest BCUT2D eigenvalue weighted by molar-refractivity contribution is 6.15. The molecule has 0 spiro atoms. The Hall–Kier alpha value is -5.64. The summed E-state index contributed by atoms with van der Waals surface area (Å²) in [5, 5.41) is 17.7. The molecule has 16 nitrogen and oxygen atoms in total. The van der Waals surface area contributed by atoms with Crippen molar-refractivity contribution < 1.29 is 33.5 Å². The standard InChI is InChI=1S/C39H48N8O8/c1-25(48)43-19-21-44(22-20-43)27-14-16-28(17-15-27)46-35-32(34(40-24-41-35)45(36(49)54-38(2,3)4)37(50)55-39(5,6)7)33(42-46)26-13-18-31(30(23-26)47(51)52)53-29-11-9-8-10-12-29/h8-13,18,23-24,27-28H,14-17,19-22H2,1-7H3. The van der Waals surface area contributed by atoms with Gasteiger partial charge in [0.05, 0.1) is 16.4 Å². The van der Waals surface area contributed by atoms with Crippen LogP contribution in [0.2, 0.25) is 0 Å². The van der Waals surface area contributed by atoms with Crippen molar-refractivity contribution in [3.8, 4) is 22.8 Å². The molecule has 16 heteroatoms. The maximum absolute atomic E-state index is 13.9. The number of hydrogen-bond acceptors (Lipinski definition) is 12. The first kappa shape index (κ1) is 39.1. The number of ether oxygens (including phenoxy) is 3.